The zero-order valence-electron chi connectivity index (χ0n) is 22.1. The van der Waals surface area contributed by atoms with Crippen molar-refractivity contribution in [3.8, 4) is 5.75 Å². The minimum Gasteiger partial charge on any atom is -0.487 e. The summed E-state index contributed by atoms with van der Waals surface area (Å²) in [6, 6.07) is 20.9. The van der Waals surface area contributed by atoms with E-state index in [0.717, 1.165) is 24.2 Å². The Morgan fingerprint density at radius 1 is 1.03 bits per heavy atom. The summed E-state index contributed by atoms with van der Waals surface area (Å²) in [6.45, 7) is 5.46. The molecule has 1 aromatic heterocycles. The van der Waals surface area contributed by atoms with Gasteiger partial charge in [0.2, 0.25) is 0 Å². The summed E-state index contributed by atoms with van der Waals surface area (Å²) in [4.78, 5) is 23.8. The zero-order valence-corrected chi connectivity index (χ0v) is 22.1. The number of piperazine rings is 1. The average molecular weight is 527 g/mol. The van der Waals surface area contributed by atoms with Gasteiger partial charge in [-0.3, -0.25) is 4.79 Å². The van der Waals surface area contributed by atoms with E-state index in [1.165, 1.54) is 12.3 Å². The maximum atomic E-state index is 15.6. The molecule has 1 fully saturated rings. The lowest BCUT2D eigenvalue weighted by Crippen LogP contribution is -2.45. The van der Waals surface area contributed by atoms with E-state index in [4.69, 9.17) is 9.57 Å². The van der Waals surface area contributed by atoms with Gasteiger partial charge in [-0.15, -0.1) is 0 Å². The van der Waals surface area contributed by atoms with Crippen molar-refractivity contribution in [2.45, 2.75) is 19.1 Å². The largest absolute Gasteiger partial charge is 0.487 e. The van der Waals surface area contributed by atoms with Crippen LogP contribution in [-0.4, -0.2) is 55.5 Å². The second kappa shape index (κ2) is 10.5. The van der Waals surface area contributed by atoms with Gasteiger partial charge in [0, 0.05) is 32.4 Å². The lowest BCUT2D eigenvalue weighted by molar-refractivity contribution is 0.0888. The molecule has 2 aliphatic heterocycles. The van der Waals surface area contributed by atoms with Crippen molar-refractivity contribution < 1.29 is 14.0 Å². The van der Waals surface area contributed by atoms with Gasteiger partial charge in [-0.25, -0.2) is 4.39 Å². The van der Waals surface area contributed by atoms with Gasteiger partial charge in [-0.2, -0.15) is 0 Å². The summed E-state index contributed by atoms with van der Waals surface area (Å²) >= 11 is 0. The Bertz CT molecular complexity index is 1520. The van der Waals surface area contributed by atoms with E-state index in [2.05, 4.69) is 17.1 Å². The molecule has 0 unspecified atom stereocenters. The first kappa shape index (κ1) is 25.1. The fourth-order valence-electron chi connectivity index (χ4n) is 5.37. The number of anilines is 1. The van der Waals surface area contributed by atoms with Crippen LogP contribution in [0, 0.1) is 5.82 Å². The molecule has 3 heterocycles. The number of benzene rings is 3. The molecule has 1 saturated heterocycles. The van der Waals surface area contributed by atoms with Crippen molar-refractivity contribution in [3.05, 3.63) is 106 Å². The van der Waals surface area contributed by atoms with E-state index in [0.29, 0.717) is 42.2 Å². The molecule has 0 bridgehead atoms. The number of halogens is 1. The minimum absolute atomic E-state index is 0.0409. The molecule has 0 spiro atoms. The third-order valence-corrected chi connectivity index (χ3v) is 7.55. The fraction of sp³-hybridized carbons (Fsp3) is 0.290. The van der Waals surface area contributed by atoms with Crippen molar-refractivity contribution >= 4 is 22.8 Å². The molecule has 4 aromatic rings. The van der Waals surface area contributed by atoms with Crippen LogP contribution in [0.2, 0.25) is 0 Å². The van der Waals surface area contributed by atoms with E-state index >= 15 is 4.39 Å². The Balaban J connectivity index is 1.38. The van der Waals surface area contributed by atoms with E-state index in [-0.39, 0.29) is 16.9 Å². The first-order chi connectivity index (χ1) is 19.0. The van der Waals surface area contributed by atoms with Crippen LogP contribution in [0.25, 0.3) is 10.9 Å². The topological polar surface area (TPSA) is 59.3 Å². The van der Waals surface area contributed by atoms with Gasteiger partial charge in [0.25, 0.3) is 0 Å². The number of likely N-dealkylation sites (N-methyl/N-ethyl adjacent to an activating group) is 1. The highest BCUT2D eigenvalue weighted by Gasteiger charge is 2.30. The number of aromatic nitrogens is 1. The van der Waals surface area contributed by atoms with Crippen LogP contribution in [0.15, 0.2) is 82.9 Å². The van der Waals surface area contributed by atoms with Crippen LogP contribution in [0.1, 0.15) is 35.8 Å². The fourth-order valence-corrected chi connectivity index (χ4v) is 5.37. The first-order valence-corrected chi connectivity index (χ1v) is 13.3. The van der Waals surface area contributed by atoms with Gasteiger partial charge < -0.3 is 23.9 Å². The van der Waals surface area contributed by atoms with Crippen LogP contribution in [0.3, 0.4) is 0 Å². The molecular formula is C31H31FN4O3. The number of nitrogens with zero attached hydrogens (tertiary/aromatic N) is 4. The summed E-state index contributed by atoms with van der Waals surface area (Å²) in [7, 11) is 2.06. The van der Waals surface area contributed by atoms with Crippen molar-refractivity contribution in [2.24, 2.45) is 5.16 Å². The molecule has 7 nitrogen and oxygen atoms in total. The molecule has 6 rings (SSSR count). The van der Waals surface area contributed by atoms with Gasteiger partial charge >= 0.3 is 0 Å². The zero-order chi connectivity index (χ0) is 26.9. The van der Waals surface area contributed by atoms with Crippen molar-refractivity contribution in [1.82, 2.24) is 9.47 Å². The molecule has 200 valence electrons. The summed E-state index contributed by atoms with van der Waals surface area (Å²) in [5, 5.41) is 4.52. The van der Waals surface area contributed by atoms with E-state index < -0.39 is 11.9 Å². The summed E-state index contributed by atoms with van der Waals surface area (Å²) in [5.74, 6) is -0.00322. The van der Waals surface area contributed by atoms with Crippen LogP contribution in [-0.2, 0) is 4.84 Å². The van der Waals surface area contributed by atoms with Gasteiger partial charge in [0.15, 0.2) is 23.1 Å². The van der Waals surface area contributed by atoms with Gasteiger partial charge in [0.05, 0.1) is 28.7 Å². The molecule has 0 N–H and O–H groups in total. The highest BCUT2D eigenvalue weighted by atomic mass is 19.1. The van der Waals surface area contributed by atoms with Gasteiger partial charge in [-0.05, 0) is 31.2 Å². The third-order valence-electron chi connectivity index (χ3n) is 7.55. The number of ether oxygens (including phenoxy) is 1. The maximum Gasteiger partial charge on any atom is 0.198 e. The van der Waals surface area contributed by atoms with E-state index in [9.17, 15) is 4.79 Å². The second-order valence-electron chi connectivity index (χ2n) is 10.2. The second-order valence-corrected chi connectivity index (χ2v) is 10.2. The predicted molar refractivity (Wildman–Crippen MR) is 151 cm³/mol. The standard InChI is InChI=1S/C31H31FN4O3/c1-21-20-38-31-27-25(17-26(32)28(31)35-15-13-34(2)14-16-35)29(37)24(19-36(21)27)18-33-39-30(22-9-5-3-6-10-22)23-11-7-4-8-12-23/h3-12,17-19,21,30H,13-16,20H2,1-2H3/b33-18+/t21-/m0/s1. The molecule has 3 aromatic carbocycles. The van der Waals surface area contributed by atoms with E-state index in [1.807, 2.05) is 77.1 Å². The Kier molecular flexibility index (Phi) is 6.79. The van der Waals surface area contributed by atoms with Crippen LogP contribution in [0.5, 0.6) is 5.75 Å². The molecule has 0 aliphatic carbocycles. The normalized spacial score (nSPS) is 17.6. The number of pyridine rings is 1. The van der Waals surface area contributed by atoms with Gasteiger partial charge in [-0.1, -0.05) is 65.8 Å². The number of hydrogen-bond acceptors (Lipinski definition) is 6. The minimum atomic E-state index is -0.446. The lowest BCUT2D eigenvalue weighted by Gasteiger charge is -2.37. The van der Waals surface area contributed by atoms with Crippen LogP contribution < -0.4 is 15.1 Å². The van der Waals surface area contributed by atoms with Crippen LogP contribution in [0.4, 0.5) is 10.1 Å². The van der Waals surface area contributed by atoms with Crippen molar-refractivity contribution in [1.29, 1.82) is 0 Å². The predicted octanol–water partition coefficient (Wildman–Crippen LogP) is 4.99. The Hall–Kier alpha value is -4.17. The summed E-state index contributed by atoms with van der Waals surface area (Å²) < 4.78 is 23.7. The summed E-state index contributed by atoms with van der Waals surface area (Å²) in [6.07, 6.45) is 2.77. The average Bonchev–Trinajstić information content (AvgIpc) is 2.96. The molecule has 39 heavy (non-hydrogen) atoms. The van der Waals surface area contributed by atoms with Crippen molar-refractivity contribution in [3.63, 3.8) is 0 Å². The maximum absolute atomic E-state index is 15.6. The monoisotopic (exact) mass is 526 g/mol. The Labute approximate surface area is 226 Å². The molecule has 0 radical (unpaired) electrons. The molecule has 8 heteroatoms. The molecule has 0 amide bonds. The first-order valence-electron chi connectivity index (χ1n) is 13.3. The molecule has 0 saturated carbocycles. The van der Waals surface area contributed by atoms with E-state index in [1.54, 1.807) is 6.20 Å². The highest BCUT2D eigenvalue weighted by Crippen LogP contribution is 2.42. The highest BCUT2D eigenvalue weighted by molar-refractivity contribution is 5.95. The number of hydrogen-bond donors (Lipinski definition) is 0. The molecular weight excluding hydrogens is 495 g/mol. The Morgan fingerprint density at radius 2 is 1.67 bits per heavy atom. The third kappa shape index (κ3) is 4.76. The van der Waals surface area contributed by atoms with Crippen LogP contribution >= 0.6 is 0 Å². The SMILES string of the molecule is C[C@H]1COc2c(N3CCN(C)CC3)c(F)cc3c(=O)c(/C=N/OC(c4ccccc4)c4ccccc4)cn1c23. The molecule has 1 atom stereocenters. The summed E-state index contributed by atoms with van der Waals surface area (Å²) in [5.41, 5.74) is 2.97. The van der Waals surface area contributed by atoms with Crippen molar-refractivity contribution in [2.75, 3.05) is 44.7 Å². The quantitative estimate of drug-likeness (QED) is 0.262. The van der Waals surface area contributed by atoms with Gasteiger partial charge in [0.1, 0.15) is 12.3 Å². The lowest BCUT2D eigenvalue weighted by atomic mass is 10.0. The smallest absolute Gasteiger partial charge is 0.198 e. The Morgan fingerprint density at radius 3 is 2.31 bits per heavy atom. The molecule has 2 aliphatic rings. The number of rotatable bonds is 6. The number of oxime groups is 1.